The van der Waals surface area contributed by atoms with Crippen molar-refractivity contribution in [3.05, 3.63) is 22.8 Å². The number of anilines is 1. The van der Waals surface area contributed by atoms with Crippen LogP contribution in [0.5, 0.6) is 0 Å². The number of aliphatic imine (C=N–C) groups is 1. The number of rotatable bonds is 6. The van der Waals surface area contributed by atoms with E-state index in [1.165, 1.54) is 0 Å². The molecule has 2 aliphatic rings. The quantitative estimate of drug-likeness (QED) is 0.283. The molecule has 1 amide bonds. The van der Waals surface area contributed by atoms with Crippen molar-refractivity contribution in [1.29, 1.82) is 0 Å². The lowest BCUT2D eigenvalue weighted by Gasteiger charge is -2.21. The molecule has 30 heavy (non-hydrogen) atoms. The van der Waals surface area contributed by atoms with Crippen LogP contribution in [0.15, 0.2) is 17.3 Å². The van der Waals surface area contributed by atoms with Gasteiger partial charge in [0.15, 0.2) is 5.96 Å². The molecule has 0 bridgehead atoms. The van der Waals surface area contributed by atoms with Crippen molar-refractivity contribution in [2.45, 2.75) is 44.4 Å². The summed E-state index contributed by atoms with van der Waals surface area (Å²) in [5.41, 5.74) is -0.869. The van der Waals surface area contributed by atoms with Crippen LogP contribution in [0.2, 0.25) is 5.02 Å². The maximum Gasteiger partial charge on any atom is 0.417 e. The zero-order valence-corrected chi connectivity index (χ0v) is 19.5. The molecule has 1 atom stereocenters. The molecule has 1 aliphatic carbocycles. The number of carbonyl (C=O) groups excluding carboxylic acids is 1. The smallest absolute Gasteiger partial charge is 0.357 e. The minimum absolute atomic E-state index is 0. The second-order valence-corrected chi connectivity index (χ2v) is 7.55. The summed E-state index contributed by atoms with van der Waals surface area (Å²) >= 11 is 6.04. The van der Waals surface area contributed by atoms with Crippen LogP contribution in [-0.2, 0) is 11.0 Å². The monoisotopic (exact) mass is 560 g/mol. The van der Waals surface area contributed by atoms with Crippen LogP contribution in [0.1, 0.15) is 31.7 Å². The van der Waals surface area contributed by atoms with Gasteiger partial charge in [0.05, 0.1) is 10.6 Å². The maximum atomic E-state index is 12.8. The lowest BCUT2D eigenvalue weighted by molar-refractivity contribution is -0.137. The van der Waals surface area contributed by atoms with Gasteiger partial charge in [0.1, 0.15) is 12.4 Å². The van der Waals surface area contributed by atoms with Crippen LogP contribution in [0.3, 0.4) is 0 Å². The second-order valence-electron chi connectivity index (χ2n) is 7.14. The van der Waals surface area contributed by atoms with Gasteiger partial charge in [-0.25, -0.2) is 9.98 Å². The van der Waals surface area contributed by atoms with E-state index in [-0.39, 0.29) is 53.5 Å². The first kappa shape index (κ1) is 24.8. The number of aromatic nitrogens is 1. The van der Waals surface area contributed by atoms with E-state index in [0.717, 1.165) is 31.5 Å². The number of nitrogens with zero attached hydrogens (tertiary/aromatic N) is 3. The van der Waals surface area contributed by atoms with Crippen LogP contribution in [-0.4, -0.2) is 55.1 Å². The number of halogens is 5. The Kier molecular flexibility index (Phi) is 8.83. The van der Waals surface area contributed by atoms with Gasteiger partial charge in [-0.3, -0.25) is 4.79 Å². The Morgan fingerprint density at radius 3 is 2.63 bits per heavy atom. The predicted octanol–water partition coefficient (Wildman–Crippen LogP) is 2.78. The number of nitrogens with one attached hydrogen (secondary N) is 3. The highest BCUT2D eigenvalue weighted by Gasteiger charge is 2.33. The minimum Gasteiger partial charge on any atom is -0.357 e. The van der Waals surface area contributed by atoms with E-state index in [1.807, 2.05) is 11.8 Å². The Labute approximate surface area is 195 Å². The molecule has 0 radical (unpaired) electrons. The Balaban J connectivity index is 0.00000320. The maximum absolute atomic E-state index is 12.8. The number of hydrogen-bond acceptors (Lipinski definition) is 4. The molecular weight excluding hydrogens is 536 g/mol. The van der Waals surface area contributed by atoms with Crippen LogP contribution in [0, 0.1) is 0 Å². The summed E-state index contributed by atoms with van der Waals surface area (Å²) in [6, 6.07) is 1.19. The van der Waals surface area contributed by atoms with Crippen LogP contribution in [0.25, 0.3) is 0 Å². The van der Waals surface area contributed by atoms with Gasteiger partial charge in [-0.1, -0.05) is 11.6 Å². The highest BCUT2D eigenvalue weighted by atomic mass is 127. The largest absolute Gasteiger partial charge is 0.417 e. The van der Waals surface area contributed by atoms with Crippen molar-refractivity contribution in [3.8, 4) is 0 Å². The molecule has 1 aromatic rings. The van der Waals surface area contributed by atoms with Crippen molar-refractivity contribution in [2.75, 3.05) is 31.1 Å². The molecule has 0 spiro atoms. The minimum atomic E-state index is -4.48. The SMILES string of the molecule is CCNC(=NCC(=O)NC1CC1)NC1CCN(c2ncc(C(F)(F)F)cc2Cl)C1.I. The van der Waals surface area contributed by atoms with E-state index in [2.05, 4.69) is 25.9 Å². The molecule has 0 aromatic carbocycles. The van der Waals surface area contributed by atoms with Gasteiger partial charge in [0, 0.05) is 37.9 Å². The van der Waals surface area contributed by atoms with Crippen molar-refractivity contribution in [1.82, 2.24) is 20.9 Å². The van der Waals surface area contributed by atoms with Crippen molar-refractivity contribution < 1.29 is 18.0 Å². The average molecular weight is 561 g/mol. The van der Waals surface area contributed by atoms with Crippen molar-refractivity contribution >= 4 is 53.3 Å². The molecule has 2 fully saturated rings. The molecule has 1 aromatic heterocycles. The predicted molar refractivity (Wildman–Crippen MR) is 121 cm³/mol. The molecule has 7 nitrogen and oxygen atoms in total. The van der Waals surface area contributed by atoms with Crippen LogP contribution >= 0.6 is 35.6 Å². The second kappa shape index (κ2) is 10.7. The lowest BCUT2D eigenvalue weighted by atomic mass is 10.2. The topological polar surface area (TPSA) is 81.6 Å². The first-order valence-electron chi connectivity index (χ1n) is 9.58. The summed E-state index contributed by atoms with van der Waals surface area (Å²) in [5.74, 6) is 0.741. The Morgan fingerprint density at radius 1 is 1.30 bits per heavy atom. The van der Waals surface area contributed by atoms with Crippen LogP contribution < -0.4 is 20.9 Å². The Bertz CT molecular complexity index is 775. The van der Waals surface area contributed by atoms with E-state index in [4.69, 9.17) is 11.6 Å². The fourth-order valence-corrected chi connectivity index (χ4v) is 3.34. The molecule has 1 saturated carbocycles. The Hall–Kier alpha value is -1.50. The first-order chi connectivity index (χ1) is 13.8. The van der Waals surface area contributed by atoms with Crippen LogP contribution in [0.4, 0.5) is 19.0 Å². The van der Waals surface area contributed by atoms with E-state index in [1.54, 1.807) is 0 Å². The van der Waals surface area contributed by atoms with Crippen molar-refractivity contribution in [2.24, 2.45) is 4.99 Å². The van der Waals surface area contributed by atoms with E-state index in [9.17, 15) is 18.0 Å². The number of hydrogen-bond donors (Lipinski definition) is 3. The highest BCUT2D eigenvalue weighted by Crippen LogP contribution is 2.34. The molecule has 168 valence electrons. The number of carbonyl (C=O) groups is 1. The van der Waals surface area contributed by atoms with E-state index >= 15 is 0 Å². The summed E-state index contributed by atoms with van der Waals surface area (Å²) < 4.78 is 38.4. The Morgan fingerprint density at radius 2 is 2.03 bits per heavy atom. The lowest BCUT2D eigenvalue weighted by Crippen LogP contribution is -2.45. The zero-order valence-electron chi connectivity index (χ0n) is 16.4. The van der Waals surface area contributed by atoms with Gasteiger partial charge in [-0.15, -0.1) is 24.0 Å². The summed E-state index contributed by atoms with van der Waals surface area (Å²) in [6.45, 7) is 3.70. The molecule has 3 rings (SSSR count). The normalized spacial score (nSPS) is 19.3. The number of guanidine groups is 1. The van der Waals surface area contributed by atoms with Gasteiger partial charge >= 0.3 is 6.18 Å². The number of alkyl halides is 3. The molecule has 12 heteroatoms. The third-order valence-electron chi connectivity index (χ3n) is 4.65. The molecule has 1 unspecified atom stereocenters. The first-order valence-corrected chi connectivity index (χ1v) is 9.96. The highest BCUT2D eigenvalue weighted by molar-refractivity contribution is 14.0. The summed E-state index contributed by atoms with van der Waals surface area (Å²) in [5, 5.41) is 9.21. The molecule has 3 N–H and O–H groups in total. The standard InChI is InChI=1S/C18H24ClF3N6O.HI/c1-2-23-17(25-9-15(29)26-12-3-4-12)27-13-5-6-28(10-13)16-14(19)7-11(8-24-16)18(20,21)22;/h7-8,12-13H,2-6,9-10H2,1H3,(H,26,29)(H2,23,25,27);1H. The zero-order chi connectivity index (χ0) is 21.0. The summed E-state index contributed by atoms with van der Waals surface area (Å²) in [6.07, 6.45) is -0.907. The molecular formula is C18H25ClF3IN6O. The van der Waals surface area contributed by atoms with Gasteiger partial charge in [-0.2, -0.15) is 13.2 Å². The number of pyridine rings is 1. The van der Waals surface area contributed by atoms with Gasteiger partial charge in [0.25, 0.3) is 0 Å². The van der Waals surface area contributed by atoms with Gasteiger partial charge in [-0.05, 0) is 32.3 Å². The van der Waals surface area contributed by atoms with Gasteiger partial charge < -0.3 is 20.9 Å². The third kappa shape index (κ3) is 7.03. The fourth-order valence-electron chi connectivity index (χ4n) is 3.05. The average Bonchev–Trinajstić information content (AvgIpc) is 3.34. The summed E-state index contributed by atoms with van der Waals surface area (Å²) in [4.78, 5) is 21.9. The third-order valence-corrected chi connectivity index (χ3v) is 4.92. The van der Waals surface area contributed by atoms with E-state index < -0.39 is 11.7 Å². The van der Waals surface area contributed by atoms with E-state index in [0.29, 0.717) is 31.4 Å². The molecule has 1 saturated heterocycles. The summed E-state index contributed by atoms with van der Waals surface area (Å²) in [7, 11) is 0. The number of amides is 1. The molecule has 1 aliphatic heterocycles. The fraction of sp³-hybridized carbons (Fsp3) is 0.611. The van der Waals surface area contributed by atoms with Gasteiger partial charge in [0.2, 0.25) is 5.91 Å². The molecule has 2 heterocycles. The van der Waals surface area contributed by atoms with Crippen molar-refractivity contribution in [3.63, 3.8) is 0 Å².